The molecule has 7 heteroatoms. The third kappa shape index (κ3) is 5.04. The number of aromatic nitrogens is 1. The Bertz CT molecular complexity index is 905. The van der Waals surface area contributed by atoms with E-state index in [4.69, 9.17) is 21.1 Å². The minimum absolute atomic E-state index is 0.0215. The summed E-state index contributed by atoms with van der Waals surface area (Å²) in [6.45, 7) is 10.3. The van der Waals surface area contributed by atoms with Gasteiger partial charge in [-0.05, 0) is 43.4 Å². The number of ether oxygens (including phenoxy) is 2. The van der Waals surface area contributed by atoms with Crippen LogP contribution in [0.3, 0.4) is 0 Å². The summed E-state index contributed by atoms with van der Waals surface area (Å²) in [6, 6.07) is 5.04. The molecule has 0 saturated carbocycles. The third-order valence-corrected chi connectivity index (χ3v) is 6.23. The highest BCUT2D eigenvalue weighted by atomic mass is 35.5. The van der Waals surface area contributed by atoms with Gasteiger partial charge in [0.15, 0.2) is 4.80 Å². The van der Waals surface area contributed by atoms with E-state index >= 15 is 0 Å². The molecule has 2 aromatic rings. The van der Waals surface area contributed by atoms with Crippen LogP contribution in [0.1, 0.15) is 55.8 Å². The molecule has 1 amide bonds. The van der Waals surface area contributed by atoms with Crippen molar-refractivity contribution in [3.05, 3.63) is 44.7 Å². The van der Waals surface area contributed by atoms with Crippen molar-refractivity contribution in [3.8, 4) is 5.75 Å². The Morgan fingerprint density at radius 2 is 2.21 bits per heavy atom. The van der Waals surface area contributed by atoms with Gasteiger partial charge in [-0.25, -0.2) is 0 Å². The van der Waals surface area contributed by atoms with Crippen LogP contribution in [0.2, 0.25) is 5.02 Å². The number of carbonyl (C=O) groups excluding carboxylic acids is 1. The SMILES string of the molecule is CCOc1ccc(Cl)cc1C(=O)N=c1sc(C(C)(C)C)cn1CC1CCCO1. The summed E-state index contributed by atoms with van der Waals surface area (Å²) in [4.78, 5) is 19.3. The Hall–Kier alpha value is -1.63. The zero-order chi connectivity index (χ0) is 20.3. The Morgan fingerprint density at radius 3 is 2.86 bits per heavy atom. The number of benzene rings is 1. The normalized spacial score (nSPS) is 17.9. The van der Waals surface area contributed by atoms with E-state index < -0.39 is 0 Å². The molecule has 1 aromatic heterocycles. The van der Waals surface area contributed by atoms with Crippen LogP contribution >= 0.6 is 22.9 Å². The lowest BCUT2D eigenvalue weighted by atomic mass is 9.95. The number of thiazole rings is 1. The van der Waals surface area contributed by atoms with Gasteiger partial charge in [0.25, 0.3) is 5.91 Å². The monoisotopic (exact) mass is 422 g/mol. The quantitative estimate of drug-likeness (QED) is 0.694. The molecule has 0 radical (unpaired) electrons. The Labute approximate surface area is 175 Å². The summed E-state index contributed by atoms with van der Waals surface area (Å²) in [7, 11) is 0. The minimum Gasteiger partial charge on any atom is -0.493 e. The fraction of sp³-hybridized carbons (Fsp3) is 0.524. The smallest absolute Gasteiger partial charge is 0.283 e. The first-order chi connectivity index (χ1) is 13.3. The fourth-order valence-corrected chi connectivity index (χ4v) is 4.28. The van der Waals surface area contributed by atoms with Gasteiger partial charge in [-0.3, -0.25) is 4.79 Å². The van der Waals surface area contributed by atoms with Crippen LogP contribution in [0.5, 0.6) is 5.75 Å². The van der Waals surface area contributed by atoms with E-state index in [0.717, 1.165) is 19.4 Å². The maximum Gasteiger partial charge on any atom is 0.283 e. The van der Waals surface area contributed by atoms with Gasteiger partial charge < -0.3 is 14.0 Å². The molecule has 1 aliphatic heterocycles. The van der Waals surface area contributed by atoms with Crippen LogP contribution in [0, 0.1) is 0 Å². The predicted molar refractivity (Wildman–Crippen MR) is 112 cm³/mol. The molecule has 1 saturated heterocycles. The van der Waals surface area contributed by atoms with Gasteiger partial charge in [-0.1, -0.05) is 32.4 Å². The first kappa shape index (κ1) is 21.1. The van der Waals surface area contributed by atoms with Gasteiger partial charge in [0.1, 0.15) is 5.75 Å². The molecule has 28 heavy (non-hydrogen) atoms. The number of hydrogen-bond acceptors (Lipinski definition) is 4. The second-order valence-corrected chi connectivity index (χ2v) is 9.35. The minimum atomic E-state index is -0.352. The molecule has 152 valence electrons. The average molecular weight is 423 g/mol. The lowest BCUT2D eigenvalue weighted by Gasteiger charge is -2.15. The average Bonchev–Trinajstić information content (AvgIpc) is 3.27. The van der Waals surface area contributed by atoms with Gasteiger partial charge in [0.2, 0.25) is 0 Å². The highest BCUT2D eigenvalue weighted by Crippen LogP contribution is 2.26. The molecular weight excluding hydrogens is 396 g/mol. The number of halogens is 1. The summed E-state index contributed by atoms with van der Waals surface area (Å²) in [6.07, 6.45) is 4.37. The van der Waals surface area contributed by atoms with Crippen LogP contribution in [-0.4, -0.2) is 29.8 Å². The molecule has 1 aliphatic rings. The molecule has 0 aliphatic carbocycles. The van der Waals surface area contributed by atoms with Crippen LogP contribution in [0.25, 0.3) is 0 Å². The summed E-state index contributed by atoms with van der Waals surface area (Å²) >= 11 is 7.65. The lowest BCUT2D eigenvalue weighted by molar-refractivity contribution is 0.0948. The molecule has 5 nitrogen and oxygen atoms in total. The molecule has 1 atom stereocenters. The molecule has 2 heterocycles. The van der Waals surface area contributed by atoms with Gasteiger partial charge in [0, 0.05) is 22.7 Å². The largest absolute Gasteiger partial charge is 0.493 e. The van der Waals surface area contributed by atoms with Crippen molar-refractivity contribution < 1.29 is 14.3 Å². The lowest BCUT2D eigenvalue weighted by Crippen LogP contribution is -2.23. The van der Waals surface area contributed by atoms with E-state index in [-0.39, 0.29) is 17.4 Å². The van der Waals surface area contributed by atoms with Crippen molar-refractivity contribution in [2.75, 3.05) is 13.2 Å². The second kappa shape index (κ2) is 8.80. The first-order valence-electron chi connectivity index (χ1n) is 9.61. The van der Waals surface area contributed by atoms with Gasteiger partial charge in [-0.2, -0.15) is 4.99 Å². The Morgan fingerprint density at radius 1 is 1.43 bits per heavy atom. The van der Waals surface area contributed by atoms with E-state index in [1.165, 1.54) is 4.88 Å². The molecule has 3 rings (SSSR count). The van der Waals surface area contributed by atoms with Gasteiger partial charge >= 0.3 is 0 Å². The van der Waals surface area contributed by atoms with Crippen molar-refractivity contribution in [2.45, 2.75) is 58.6 Å². The molecule has 1 unspecified atom stereocenters. The molecular formula is C21H27ClN2O3S. The van der Waals surface area contributed by atoms with E-state index in [2.05, 4.69) is 32.0 Å². The zero-order valence-electron chi connectivity index (χ0n) is 16.8. The maximum atomic E-state index is 13.0. The van der Waals surface area contributed by atoms with Crippen molar-refractivity contribution in [1.29, 1.82) is 0 Å². The van der Waals surface area contributed by atoms with E-state index in [9.17, 15) is 4.79 Å². The molecule has 1 aromatic carbocycles. The summed E-state index contributed by atoms with van der Waals surface area (Å²) < 4.78 is 13.4. The standard InChI is InChI=1S/C21H27ClN2O3S/c1-5-26-17-9-8-14(22)11-16(17)19(25)23-20-24(12-15-7-6-10-27-15)13-18(28-20)21(2,3)4/h8-9,11,13,15H,5-7,10,12H2,1-4H3. The highest BCUT2D eigenvalue weighted by molar-refractivity contribution is 7.09. The molecule has 1 fully saturated rings. The topological polar surface area (TPSA) is 52.8 Å². The van der Waals surface area contributed by atoms with Crippen molar-refractivity contribution >= 4 is 28.8 Å². The van der Waals surface area contributed by atoms with E-state index in [0.29, 0.717) is 34.3 Å². The first-order valence-corrected chi connectivity index (χ1v) is 10.8. The van der Waals surface area contributed by atoms with Crippen molar-refractivity contribution in [2.24, 2.45) is 4.99 Å². The van der Waals surface area contributed by atoms with Gasteiger partial charge in [-0.15, -0.1) is 11.3 Å². The zero-order valence-corrected chi connectivity index (χ0v) is 18.4. The Kier molecular flexibility index (Phi) is 6.63. The highest BCUT2D eigenvalue weighted by Gasteiger charge is 2.22. The van der Waals surface area contributed by atoms with Gasteiger partial charge in [0.05, 0.1) is 24.8 Å². The molecule has 0 N–H and O–H groups in total. The van der Waals surface area contributed by atoms with Crippen LogP contribution in [0.4, 0.5) is 0 Å². The van der Waals surface area contributed by atoms with E-state index in [1.54, 1.807) is 29.5 Å². The number of carbonyl (C=O) groups is 1. The van der Waals surface area contributed by atoms with Crippen molar-refractivity contribution in [3.63, 3.8) is 0 Å². The fourth-order valence-electron chi connectivity index (χ4n) is 3.05. The second-order valence-electron chi connectivity index (χ2n) is 7.91. The predicted octanol–water partition coefficient (Wildman–Crippen LogP) is 4.82. The maximum absolute atomic E-state index is 13.0. The number of nitrogens with zero attached hydrogens (tertiary/aromatic N) is 2. The van der Waals surface area contributed by atoms with Crippen LogP contribution < -0.4 is 9.54 Å². The molecule has 0 bridgehead atoms. The number of amides is 1. The van der Waals surface area contributed by atoms with E-state index in [1.807, 2.05) is 11.5 Å². The van der Waals surface area contributed by atoms with Crippen molar-refractivity contribution in [1.82, 2.24) is 4.57 Å². The van der Waals surface area contributed by atoms with Crippen LogP contribution in [-0.2, 0) is 16.7 Å². The summed E-state index contributed by atoms with van der Waals surface area (Å²) in [5, 5.41) is 0.482. The summed E-state index contributed by atoms with van der Waals surface area (Å²) in [5.74, 6) is 0.147. The van der Waals surface area contributed by atoms with Crippen LogP contribution in [0.15, 0.2) is 29.4 Å². The number of hydrogen-bond donors (Lipinski definition) is 0. The Balaban J connectivity index is 2.01. The molecule has 0 spiro atoms. The number of rotatable bonds is 5. The third-order valence-electron chi connectivity index (χ3n) is 4.55. The summed E-state index contributed by atoms with van der Waals surface area (Å²) in [5.41, 5.74) is 0.357.